The lowest BCUT2D eigenvalue weighted by Crippen LogP contribution is -2.56. The first-order chi connectivity index (χ1) is 11.8. The summed E-state index contributed by atoms with van der Waals surface area (Å²) in [6.07, 6.45) is 0. The van der Waals surface area contributed by atoms with Crippen LogP contribution in [-0.4, -0.2) is 68.8 Å². The van der Waals surface area contributed by atoms with E-state index in [1.165, 1.54) is 11.4 Å². The Morgan fingerprint density at radius 1 is 1.12 bits per heavy atom. The van der Waals surface area contributed by atoms with Crippen LogP contribution in [0.3, 0.4) is 0 Å². The Morgan fingerprint density at radius 3 is 2.28 bits per heavy atom. The highest BCUT2D eigenvalue weighted by atomic mass is 32.2. The van der Waals surface area contributed by atoms with Gasteiger partial charge < -0.3 is 5.32 Å². The van der Waals surface area contributed by atoms with E-state index in [1.54, 1.807) is 19.1 Å². The highest BCUT2D eigenvalue weighted by Gasteiger charge is 2.31. The summed E-state index contributed by atoms with van der Waals surface area (Å²) in [5.41, 5.74) is 0.753. The number of hydrogen-bond donors (Lipinski definition) is 2. The summed E-state index contributed by atoms with van der Waals surface area (Å²) in [4.78, 5) is 25.1. The maximum atomic E-state index is 12.5. The first-order valence-corrected chi connectivity index (χ1v) is 9.73. The van der Waals surface area contributed by atoms with Crippen LogP contribution in [0.25, 0.3) is 0 Å². The van der Waals surface area contributed by atoms with Crippen molar-refractivity contribution in [2.24, 2.45) is 0 Å². The van der Waals surface area contributed by atoms with Gasteiger partial charge in [-0.05, 0) is 12.5 Å². The molecule has 2 rings (SSSR count). The molecular formula is C16H24N4O4S. The normalized spacial score (nSPS) is 17.7. The highest BCUT2D eigenvalue weighted by Crippen LogP contribution is 2.15. The number of sulfonamides is 1. The van der Waals surface area contributed by atoms with Gasteiger partial charge >= 0.3 is 6.03 Å². The first kappa shape index (κ1) is 19.4. The maximum Gasteiger partial charge on any atom is 0.321 e. The molecule has 1 aliphatic rings. The van der Waals surface area contributed by atoms with Crippen molar-refractivity contribution < 1.29 is 18.0 Å². The standard InChI is InChI=1S/C16H24N4O4S/c1-13(15(21)18-16(22)17-2)19-8-10-20(11-9-19)25(23,24)12-14-6-4-3-5-7-14/h3-7,13H,8-12H2,1-2H3,(H2,17,18,21,22)/t13-/m1/s1. The van der Waals surface area contributed by atoms with Crippen molar-refractivity contribution in [1.29, 1.82) is 0 Å². The van der Waals surface area contributed by atoms with Gasteiger partial charge in [0, 0.05) is 33.2 Å². The predicted molar refractivity (Wildman–Crippen MR) is 94.3 cm³/mol. The third-order valence-corrected chi connectivity index (χ3v) is 6.10. The Kier molecular flexibility index (Phi) is 6.51. The van der Waals surface area contributed by atoms with Crippen LogP contribution < -0.4 is 10.6 Å². The van der Waals surface area contributed by atoms with Crippen molar-refractivity contribution in [2.75, 3.05) is 33.2 Å². The molecule has 0 saturated carbocycles. The number of amides is 3. The molecule has 1 fully saturated rings. The van der Waals surface area contributed by atoms with Gasteiger partial charge in [0.2, 0.25) is 15.9 Å². The molecule has 2 N–H and O–H groups in total. The Balaban J connectivity index is 1.90. The van der Waals surface area contributed by atoms with E-state index < -0.39 is 28.0 Å². The molecule has 0 bridgehead atoms. The molecule has 138 valence electrons. The SMILES string of the molecule is CNC(=O)NC(=O)[C@@H](C)N1CCN(S(=O)(=O)Cc2ccccc2)CC1. The number of carbonyl (C=O) groups excluding carboxylic acids is 2. The van der Waals surface area contributed by atoms with Crippen LogP contribution in [0.4, 0.5) is 4.79 Å². The van der Waals surface area contributed by atoms with Crippen molar-refractivity contribution >= 4 is 22.0 Å². The zero-order valence-corrected chi connectivity index (χ0v) is 15.3. The molecule has 0 aliphatic carbocycles. The molecule has 3 amide bonds. The number of urea groups is 1. The summed E-state index contributed by atoms with van der Waals surface area (Å²) < 4.78 is 26.5. The minimum Gasteiger partial charge on any atom is -0.341 e. The van der Waals surface area contributed by atoms with E-state index in [9.17, 15) is 18.0 Å². The van der Waals surface area contributed by atoms with E-state index in [2.05, 4.69) is 10.6 Å². The van der Waals surface area contributed by atoms with Crippen molar-refractivity contribution in [3.63, 3.8) is 0 Å². The molecule has 1 saturated heterocycles. The van der Waals surface area contributed by atoms with Crippen LogP contribution in [-0.2, 0) is 20.6 Å². The number of piperazine rings is 1. The Bertz CT molecular complexity index is 700. The number of nitrogens with zero attached hydrogens (tertiary/aromatic N) is 2. The lowest BCUT2D eigenvalue weighted by atomic mass is 10.2. The molecular weight excluding hydrogens is 344 g/mol. The second-order valence-corrected chi connectivity index (χ2v) is 7.89. The summed E-state index contributed by atoms with van der Waals surface area (Å²) in [6, 6.07) is 8.00. The largest absolute Gasteiger partial charge is 0.341 e. The number of carbonyl (C=O) groups is 2. The fourth-order valence-corrected chi connectivity index (χ4v) is 4.21. The first-order valence-electron chi connectivity index (χ1n) is 8.12. The summed E-state index contributed by atoms with van der Waals surface area (Å²) in [6.45, 7) is 3.23. The van der Waals surface area contributed by atoms with Gasteiger partial charge in [-0.2, -0.15) is 4.31 Å². The quantitative estimate of drug-likeness (QED) is 0.761. The predicted octanol–water partition coefficient (Wildman–Crippen LogP) is -0.0219. The Hall–Kier alpha value is -1.97. The average Bonchev–Trinajstić information content (AvgIpc) is 2.61. The summed E-state index contributed by atoms with van der Waals surface area (Å²) >= 11 is 0. The zero-order chi connectivity index (χ0) is 18.4. The van der Waals surface area contributed by atoms with E-state index in [4.69, 9.17) is 0 Å². The van der Waals surface area contributed by atoms with Crippen LogP contribution >= 0.6 is 0 Å². The van der Waals surface area contributed by atoms with Gasteiger partial charge in [-0.15, -0.1) is 0 Å². The molecule has 9 heteroatoms. The number of nitrogens with one attached hydrogen (secondary N) is 2. The molecule has 8 nitrogen and oxygen atoms in total. The van der Waals surface area contributed by atoms with Crippen molar-refractivity contribution in [3.8, 4) is 0 Å². The average molecular weight is 368 g/mol. The van der Waals surface area contributed by atoms with E-state index in [-0.39, 0.29) is 5.75 Å². The molecule has 0 aromatic heterocycles. The maximum absolute atomic E-state index is 12.5. The van der Waals surface area contributed by atoms with E-state index in [0.29, 0.717) is 26.2 Å². The number of rotatable bonds is 5. The fraction of sp³-hybridized carbons (Fsp3) is 0.500. The molecule has 0 radical (unpaired) electrons. The van der Waals surface area contributed by atoms with Gasteiger partial charge in [0.25, 0.3) is 0 Å². The molecule has 0 unspecified atom stereocenters. The molecule has 1 atom stereocenters. The van der Waals surface area contributed by atoms with Gasteiger partial charge in [0.1, 0.15) is 0 Å². The molecule has 0 spiro atoms. The van der Waals surface area contributed by atoms with Crippen LogP contribution in [0.2, 0.25) is 0 Å². The molecule has 1 heterocycles. The third kappa shape index (κ3) is 5.25. The van der Waals surface area contributed by atoms with Crippen molar-refractivity contribution in [2.45, 2.75) is 18.7 Å². The van der Waals surface area contributed by atoms with Crippen molar-refractivity contribution in [1.82, 2.24) is 19.8 Å². The second kappa shape index (κ2) is 8.41. The van der Waals surface area contributed by atoms with E-state index in [1.807, 2.05) is 23.1 Å². The minimum absolute atomic E-state index is 0.0272. The number of benzene rings is 1. The monoisotopic (exact) mass is 368 g/mol. The zero-order valence-electron chi connectivity index (χ0n) is 14.4. The Labute approximate surface area is 148 Å². The summed E-state index contributed by atoms with van der Waals surface area (Å²) in [7, 11) is -1.95. The Morgan fingerprint density at radius 2 is 1.72 bits per heavy atom. The van der Waals surface area contributed by atoms with E-state index in [0.717, 1.165) is 5.56 Å². The summed E-state index contributed by atoms with van der Waals surface area (Å²) in [5.74, 6) is -0.430. The highest BCUT2D eigenvalue weighted by molar-refractivity contribution is 7.88. The molecule has 1 aromatic carbocycles. The van der Waals surface area contributed by atoms with Crippen LogP contribution in [0.15, 0.2) is 30.3 Å². The van der Waals surface area contributed by atoms with Crippen LogP contribution in [0.1, 0.15) is 12.5 Å². The lowest BCUT2D eigenvalue weighted by molar-refractivity contribution is -0.125. The lowest BCUT2D eigenvalue weighted by Gasteiger charge is -2.36. The molecule has 1 aromatic rings. The second-order valence-electron chi connectivity index (χ2n) is 5.92. The van der Waals surface area contributed by atoms with Gasteiger partial charge in [-0.1, -0.05) is 30.3 Å². The van der Waals surface area contributed by atoms with E-state index >= 15 is 0 Å². The topological polar surface area (TPSA) is 98.8 Å². The van der Waals surface area contributed by atoms with Crippen LogP contribution in [0, 0.1) is 0 Å². The smallest absolute Gasteiger partial charge is 0.321 e. The number of hydrogen-bond acceptors (Lipinski definition) is 5. The van der Waals surface area contributed by atoms with Gasteiger partial charge in [-0.25, -0.2) is 13.2 Å². The third-order valence-electron chi connectivity index (χ3n) is 4.25. The van der Waals surface area contributed by atoms with Crippen LogP contribution in [0.5, 0.6) is 0 Å². The summed E-state index contributed by atoms with van der Waals surface area (Å²) in [5, 5.41) is 4.57. The van der Waals surface area contributed by atoms with Gasteiger partial charge in [-0.3, -0.25) is 15.0 Å². The molecule has 1 aliphatic heterocycles. The molecule has 25 heavy (non-hydrogen) atoms. The van der Waals surface area contributed by atoms with Gasteiger partial charge in [0.05, 0.1) is 11.8 Å². The fourth-order valence-electron chi connectivity index (χ4n) is 2.69. The van der Waals surface area contributed by atoms with Crippen molar-refractivity contribution in [3.05, 3.63) is 35.9 Å². The minimum atomic E-state index is -3.39. The van der Waals surface area contributed by atoms with Gasteiger partial charge in [0.15, 0.2) is 0 Å². The number of imide groups is 1.